The number of carboxylic acids is 1. The van der Waals surface area contributed by atoms with Crippen LogP contribution in [-0.2, 0) is 4.79 Å². The van der Waals surface area contributed by atoms with Crippen LogP contribution in [0.4, 0.5) is 5.82 Å². The lowest BCUT2D eigenvalue weighted by molar-refractivity contribution is -0.141. The first kappa shape index (κ1) is 13.7. The molecule has 0 radical (unpaired) electrons. The summed E-state index contributed by atoms with van der Waals surface area (Å²) in [6, 6.07) is -0.199. The summed E-state index contributed by atoms with van der Waals surface area (Å²) in [5, 5.41) is 13.2. The third kappa shape index (κ3) is 2.53. The number of anilines is 1. The fourth-order valence-electron chi connectivity index (χ4n) is 1.85. The molecule has 0 aliphatic heterocycles. The van der Waals surface area contributed by atoms with Crippen LogP contribution in [0.1, 0.15) is 24.3 Å². The second-order valence-corrected chi connectivity index (χ2v) is 5.95. The van der Waals surface area contributed by atoms with Crippen molar-refractivity contribution < 1.29 is 9.90 Å². The average Bonchev–Trinajstić information content (AvgIpc) is 2.65. The Morgan fingerprint density at radius 1 is 1.37 bits per heavy atom. The van der Waals surface area contributed by atoms with Crippen molar-refractivity contribution in [2.24, 2.45) is 5.92 Å². The van der Waals surface area contributed by atoms with Gasteiger partial charge in [-0.05, 0) is 33.3 Å². The quantitative estimate of drug-likeness (QED) is 0.900. The van der Waals surface area contributed by atoms with E-state index in [1.54, 1.807) is 18.3 Å². The molecule has 0 saturated carbocycles. The third-order valence-electron chi connectivity index (χ3n) is 3.47. The molecule has 0 aliphatic rings. The standard InChI is InChI=1S/C13H17N3O2S/c1-6(13(17)18)8(3)16-11-10-7(2)9(4)19-12(10)15-5-14-11/h5-6,8H,1-4H3,(H,17,18)(H,14,15,16). The van der Waals surface area contributed by atoms with Gasteiger partial charge in [-0.2, -0.15) is 0 Å². The van der Waals surface area contributed by atoms with Gasteiger partial charge in [0.05, 0.1) is 11.3 Å². The van der Waals surface area contributed by atoms with Gasteiger partial charge in [-0.15, -0.1) is 11.3 Å². The number of hydrogen-bond donors (Lipinski definition) is 2. The summed E-state index contributed by atoms with van der Waals surface area (Å²) in [6.07, 6.45) is 1.51. The highest BCUT2D eigenvalue weighted by molar-refractivity contribution is 7.18. The van der Waals surface area contributed by atoms with Crippen LogP contribution < -0.4 is 5.32 Å². The number of nitrogens with one attached hydrogen (secondary N) is 1. The molecule has 0 bridgehead atoms. The molecule has 2 aromatic rings. The summed E-state index contributed by atoms with van der Waals surface area (Å²) >= 11 is 1.63. The molecule has 102 valence electrons. The van der Waals surface area contributed by atoms with Gasteiger partial charge < -0.3 is 10.4 Å². The fourth-order valence-corrected chi connectivity index (χ4v) is 2.84. The van der Waals surface area contributed by atoms with E-state index in [1.165, 1.54) is 11.2 Å². The minimum atomic E-state index is -0.816. The minimum Gasteiger partial charge on any atom is -0.481 e. The first-order chi connectivity index (χ1) is 8.91. The molecule has 19 heavy (non-hydrogen) atoms. The second-order valence-electron chi connectivity index (χ2n) is 4.75. The topological polar surface area (TPSA) is 75.1 Å². The molecule has 6 heteroatoms. The Hall–Kier alpha value is -1.69. The van der Waals surface area contributed by atoms with E-state index in [4.69, 9.17) is 5.11 Å². The van der Waals surface area contributed by atoms with Crippen LogP contribution in [0.25, 0.3) is 10.2 Å². The van der Waals surface area contributed by atoms with Gasteiger partial charge in [0.2, 0.25) is 0 Å². The molecule has 0 aliphatic carbocycles. The maximum atomic E-state index is 11.0. The van der Waals surface area contributed by atoms with Crippen molar-refractivity contribution in [1.29, 1.82) is 0 Å². The average molecular weight is 279 g/mol. The lowest BCUT2D eigenvalue weighted by Gasteiger charge is -2.18. The first-order valence-electron chi connectivity index (χ1n) is 6.11. The second kappa shape index (κ2) is 5.13. The van der Waals surface area contributed by atoms with Gasteiger partial charge in [0, 0.05) is 10.9 Å². The predicted molar refractivity (Wildman–Crippen MR) is 76.8 cm³/mol. The Bertz CT molecular complexity index is 624. The highest BCUT2D eigenvalue weighted by Gasteiger charge is 2.21. The van der Waals surface area contributed by atoms with Crippen molar-refractivity contribution in [1.82, 2.24) is 9.97 Å². The number of carboxylic acid groups (broad SMARTS) is 1. The zero-order chi connectivity index (χ0) is 14.2. The number of hydrogen-bond acceptors (Lipinski definition) is 5. The number of thiophene rings is 1. The molecule has 2 rings (SSSR count). The van der Waals surface area contributed by atoms with Crippen molar-refractivity contribution >= 4 is 33.3 Å². The lowest BCUT2D eigenvalue weighted by atomic mass is 10.0. The highest BCUT2D eigenvalue weighted by atomic mass is 32.1. The van der Waals surface area contributed by atoms with Crippen molar-refractivity contribution in [3.8, 4) is 0 Å². The monoisotopic (exact) mass is 279 g/mol. The van der Waals surface area contributed by atoms with E-state index in [-0.39, 0.29) is 6.04 Å². The molecule has 0 fully saturated rings. The van der Waals surface area contributed by atoms with Gasteiger partial charge >= 0.3 is 5.97 Å². The fraction of sp³-hybridized carbons (Fsp3) is 0.462. The Morgan fingerprint density at radius 2 is 2.05 bits per heavy atom. The first-order valence-corrected chi connectivity index (χ1v) is 6.93. The van der Waals surface area contributed by atoms with Crippen LogP contribution >= 0.6 is 11.3 Å². The number of carbonyl (C=O) groups is 1. The Kier molecular flexibility index (Phi) is 3.71. The number of fused-ring (bicyclic) bond motifs is 1. The largest absolute Gasteiger partial charge is 0.481 e. The van der Waals surface area contributed by atoms with Crippen LogP contribution in [0.3, 0.4) is 0 Å². The van der Waals surface area contributed by atoms with Crippen molar-refractivity contribution in [2.45, 2.75) is 33.7 Å². The van der Waals surface area contributed by atoms with E-state index in [0.29, 0.717) is 5.82 Å². The van der Waals surface area contributed by atoms with Crippen molar-refractivity contribution in [2.75, 3.05) is 5.32 Å². The summed E-state index contributed by atoms with van der Waals surface area (Å²) < 4.78 is 0. The number of rotatable bonds is 4. The molecular weight excluding hydrogens is 262 g/mol. The van der Waals surface area contributed by atoms with Gasteiger partial charge in [0.25, 0.3) is 0 Å². The van der Waals surface area contributed by atoms with Gasteiger partial charge in [0.1, 0.15) is 17.0 Å². The van der Waals surface area contributed by atoms with E-state index in [1.807, 2.05) is 13.8 Å². The van der Waals surface area contributed by atoms with Gasteiger partial charge in [0.15, 0.2) is 0 Å². The highest BCUT2D eigenvalue weighted by Crippen LogP contribution is 2.32. The van der Waals surface area contributed by atoms with Crippen LogP contribution in [0.15, 0.2) is 6.33 Å². The summed E-state index contributed by atoms with van der Waals surface area (Å²) in [5.41, 5.74) is 1.15. The van der Waals surface area contributed by atoms with Crippen LogP contribution in [0.5, 0.6) is 0 Å². The van der Waals surface area contributed by atoms with Gasteiger partial charge in [-0.1, -0.05) is 0 Å². The molecule has 0 aromatic carbocycles. The Balaban J connectivity index is 2.38. The van der Waals surface area contributed by atoms with Crippen LogP contribution in [0.2, 0.25) is 0 Å². The number of aryl methyl sites for hydroxylation is 2. The molecule has 2 unspecified atom stereocenters. The Labute approximate surface area is 115 Å². The van der Waals surface area contributed by atoms with Crippen LogP contribution in [-0.4, -0.2) is 27.1 Å². The molecular formula is C13H17N3O2S. The maximum Gasteiger partial charge on any atom is 0.308 e. The van der Waals surface area contributed by atoms with E-state index in [0.717, 1.165) is 15.8 Å². The van der Waals surface area contributed by atoms with E-state index in [2.05, 4.69) is 22.2 Å². The molecule has 0 spiro atoms. The Morgan fingerprint density at radius 3 is 2.68 bits per heavy atom. The summed E-state index contributed by atoms with van der Waals surface area (Å²) in [4.78, 5) is 21.7. The van der Waals surface area contributed by atoms with E-state index in [9.17, 15) is 4.79 Å². The molecule has 2 aromatic heterocycles. The molecule has 0 saturated heterocycles. The number of nitrogens with zero attached hydrogens (tertiary/aromatic N) is 2. The number of aromatic nitrogens is 2. The SMILES string of the molecule is Cc1sc2ncnc(NC(C)C(C)C(=O)O)c2c1C. The van der Waals surface area contributed by atoms with E-state index >= 15 is 0 Å². The summed E-state index contributed by atoms with van der Waals surface area (Å²) in [7, 11) is 0. The van der Waals surface area contributed by atoms with Gasteiger partial charge in [-0.25, -0.2) is 9.97 Å². The smallest absolute Gasteiger partial charge is 0.308 e. The lowest BCUT2D eigenvalue weighted by Crippen LogP contribution is -2.30. The van der Waals surface area contributed by atoms with Crippen molar-refractivity contribution in [3.05, 3.63) is 16.8 Å². The minimum absolute atomic E-state index is 0.199. The summed E-state index contributed by atoms with van der Waals surface area (Å²) in [5.74, 6) is -0.582. The van der Waals surface area contributed by atoms with Gasteiger partial charge in [-0.3, -0.25) is 4.79 Å². The molecule has 2 N–H and O–H groups in total. The zero-order valence-corrected chi connectivity index (χ0v) is 12.2. The normalized spacial score (nSPS) is 14.3. The predicted octanol–water partition coefficient (Wildman–Crippen LogP) is 2.83. The molecule has 5 nitrogen and oxygen atoms in total. The van der Waals surface area contributed by atoms with Crippen LogP contribution in [0, 0.1) is 19.8 Å². The van der Waals surface area contributed by atoms with Crippen molar-refractivity contribution in [3.63, 3.8) is 0 Å². The van der Waals surface area contributed by atoms with E-state index < -0.39 is 11.9 Å². The molecule has 2 atom stereocenters. The zero-order valence-electron chi connectivity index (χ0n) is 11.4. The maximum absolute atomic E-state index is 11.0. The molecule has 2 heterocycles. The number of aliphatic carboxylic acids is 1. The third-order valence-corrected chi connectivity index (χ3v) is 4.58. The molecule has 0 amide bonds. The summed E-state index contributed by atoms with van der Waals surface area (Å²) in [6.45, 7) is 7.62.